The van der Waals surface area contributed by atoms with E-state index < -0.39 is 5.97 Å². The third-order valence-corrected chi connectivity index (χ3v) is 2.82. The summed E-state index contributed by atoms with van der Waals surface area (Å²) in [5, 5.41) is 0. The lowest BCUT2D eigenvalue weighted by atomic mass is 10.1. The number of hydrogen-bond acceptors (Lipinski definition) is 4. The van der Waals surface area contributed by atoms with E-state index in [4.69, 9.17) is 0 Å². The maximum atomic E-state index is 11.6. The summed E-state index contributed by atoms with van der Waals surface area (Å²) in [7, 11) is 1.30. The SMILES string of the molecule is COC(=O)c1cnc2c(C)c(C)c(=O)[nH]c2c1. The Morgan fingerprint density at radius 3 is 2.71 bits per heavy atom. The number of aromatic nitrogens is 2. The van der Waals surface area contributed by atoms with Gasteiger partial charge in [0.2, 0.25) is 0 Å². The van der Waals surface area contributed by atoms with Crippen molar-refractivity contribution in [3.05, 3.63) is 39.3 Å². The lowest BCUT2D eigenvalue weighted by molar-refractivity contribution is 0.0600. The van der Waals surface area contributed by atoms with Crippen molar-refractivity contribution in [2.75, 3.05) is 7.11 Å². The number of carbonyl (C=O) groups is 1. The number of nitrogens with zero attached hydrogens (tertiary/aromatic N) is 1. The van der Waals surface area contributed by atoms with Gasteiger partial charge in [0.1, 0.15) is 0 Å². The van der Waals surface area contributed by atoms with Gasteiger partial charge in [-0.25, -0.2) is 4.79 Å². The lowest BCUT2D eigenvalue weighted by Gasteiger charge is -2.05. The van der Waals surface area contributed by atoms with Crippen LogP contribution in [0.5, 0.6) is 0 Å². The molecule has 0 aromatic carbocycles. The van der Waals surface area contributed by atoms with Crippen LogP contribution in [0.25, 0.3) is 11.0 Å². The van der Waals surface area contributed by atoms with Gasteiger partial charge in [-0.2, -0.15) is 0 Å². The minimum atomic E-state index is -0.474. The second kappa shape index (κ2) is 4.01. The first-order valence-corrected chi connectivity index (χ1v) is 5.12. The molecule has 0 spiro atoms. The van der Waals surface area contributed by atoms with E-state index >= 15 is 0 Å². The summed E-state index contributed by atoms with van der Waals surface area (Å²) < 4.78 is 4.60. The number of nitrogens with one attached hydrogen (secondary N) is 1. The van der Waals surface area contributed by atoms with Crippen LogP contribution in [0.3, 0.4) is 0 Å². The van der Waals surface area contributed by atoms with Crippen LogP contribution in [0.15, 0.2) is 17.1 Å². The molecule has 0 unspecified atom stereocenters. The van der Waals surface area contributed by atoms with E-state index in [0.29, 0.717) is 22.2 Å². The maximum absolute atomic E-state index is 11.6. The van der Waals surface area contributed by atoms with E-state index in [0.717, 1.165) is 5.56 Å². The van der Waals surface area contributed by atoms with Crippen molar-refractivity contribution >= 4 is 17.0 Å². The first-order chi connectivity index (χ1) is 8.04. The van der Waals surface area contributed by atoms with E-state index in [1.807, 2.05) is 6.92 Å². The van der Waals surface area contributed by atoms with Gasteiger partial charge >= 0.3 is 5.97 Å². The number of aromatic amines is 1. The maximum Gasteiger partial charge on any atom is 0.339 e. The number of hydrogen-bond donors (Lipinski definition) is 1. The number of carbonyl (C=O) groups excluding carboxylic acids is 1. The number of pyridine rings is 2. The fourth-order valence-corrected chi connectivity index (χ4v) is 1.65. The topological polar surface area (TPSA) is 72.0 Å². The average Bonchev–Trinajstić information content (AvgIpc) is 2.34. The third kappa shape index (κ3) is 1.80. The highest BCUT2D eigenvalue weighted by molar-refractivity contribution is 5.93. The Balaban J connectivity index is 2.75. The number of rotatable bonds is 1. The fourth-order valence-electron chi connectivity index (χ4n) is 1.65. The zero-order valence-electron chi connectivity index (χ0n) is 9.83. The van der Waals surface area contributed by atoms with Gasteiger partial charge in [-0.15, -0.1) is 0 Å². The summed E-state index contributed by atoms with van der Waals surface area (Å²) >= 11 is 0. The molecule has 0 aliphatic carbocycles. The molecule has 2 rings (SSSR count). The highest BCUT2D eigenvalue weighted by Crippen LogP contribution is 2.15. The van der Waals surface area contributed by atoms with Crippen LogP contribution in [0.2, 0.25) is 0 Å². The average molecular weight is 232 g/mol. The molecule has 0 atom stereocenters. The van der Waals surface area contributed by atoms with E-state index in [1.165, 1.54) is 13.3 Å². The standard InChI is InChI=1S/C12H12N2O3/c1-6-7(2)11(15)14-9-4-8(12(16)17-3)5-13-10(6)9/h4-5H,1-3H3,(H,14,15). The van der Waals surface area contributed by atoms with Gasteiger partial charge in [0.25, 0.3) is 5.56 Å². The normalized spacial score (nSPS) is 10.5. The summed E-state index contributed by atoms with van der Waals surface area (Å²) in [6, 6.07) is 1.57. The Kier molecular flexibility index (Phi) is 2.67. The number of methoxy groups -OCH3 is 1. The van der Waals surface area contributed by atoms with Gasteiger partial charge in [-0.05, 0) is 25.5 Å². The molecule has 0 saturated heterocycles. The van der Waals surface area contributed by atoms with E-state index in [2.05, 4.69) is 14.7 Å². The van der Waals surface area contributed by atoms with Crippen LogP contribution in [0.4, 0.5) is 0 Å². The highest BCUT2D eigenvalue weighted by atomic mass is 16.5. The Labute approximate surface area is 97.4 Å². The quantitative estimate of drug-likeness (QED) is 0.753. The van der Waals surface area contributed by atoms with Gasteiger partial charge < -0.3 is 9.72 Å². The van der Waals surface area contributed by atoms with Gasteiger partial charge in [0, 0.05) is 11.8 Å². The van der Waals surface area contributed by atoms with Crippen molar-refractivity contribution in [3.8, 4) is 0 Å². The number of fused-ring (bicyclic) bond motifs is 1. The van der Waals surface area contributed by atoms with Crippen LogP contribution < -0.4 is 5.56 Å². The van der Waals surface area contributed by atoms with Gasteiger partial charge in [0.15, 0.2) is 0 Å². The Morgan fingerprint density at radius 2 is 2.06 bits per heavy atom. The molecule has 17 heavy (non-hydrogen) atoms. The molecule has 5 heteroatoms. The molecule has 1 N–H and O–H groups in total. The first-order valence-electron chi connectivity index (χ1n) is 5.12. The Bertz CT molecular complexity index is 659. The molecule has 0 radical (unpaired) electrons. The number of aryl methyl sites for hydroxylation is 1. The van der Waals surface area contributed by atoms with Crippen LogP contribution in [0.1, 0.15) is 21.5 Å². The summed E-state index contributed by atoms with van der Waals surface area (Å²) in [6.45, 7) is 3.57. The molecular formula is C12H12N2O3. The fraction of sp³-hybridized carbons (Fsp3) is 0.250. The predicted octanol–water partition coefficient (Wildman–Crippen LogP) is 1.33. The molecule has 0 saturated carbocycles. The van der Waals surface area contributed by atoms with Crippen LogP contribution in [0, 0.1) is 13.8 Å². The minimum Gasteiger partial charge on any atom is -0.465 e. The molecule has 2 aromatic heterocycles. The van der Waals surface area contributed by atoms with Crippen LogP contribution in [-0.2, 0) is 4.74 Å². The lowest BCUT2D eigenvalue weighted by Crippen LogP contribution is -2.12. The van der Waals surface area contributed by atoms with E-state index in [9.17, 15) is 9.59 Å². The third-order valence-electron chi connectivity index (χ3n) is 2.82. The van der Waals surface area contributed by atoms with Crippen molar-refractivity contribution in [2.45, 2.75) is 13.8 Å². The smallest absolute Gasteiger partial charge is 0.339 e. The van der Waals surface area contributed by atoms with Crippen molar-refractivity contribution in [1.29, 1.82) is 0 Å². The second-order valence-corrected chi connectivity index (χ2v) is 3.82. The van der Waals surface area contributed by atoms with E-state index in [1.54, 1.807) is 13.0 Å². The van der Waals surface area contributed by atoms with Crippen molar-refractivity contribution in [3.63, 3.8) is 0 Å². The molecule has 0 aliphatic heterocycles. The van der Waals surface area contributed by atoms with Crippen molar-refractivity contribution in [1.82, 2.24) is 9.97 Å². The molecule has 0 fully saturated rings. The number of esters is 1. The van der Waals surface area contributed by atoms with Crippen molar-refractivity contribution in [2.24, 2.45) is 0 Å². The molecule has 0 bridgehead atoms. The van der Waals surface area contributed by atoms with Crippen molar-refractivity contribution < 1.29 is 9.53 Å². The monoisotopic (exact) mass is 232 g/mol. The molecule has 5 nitrogen and oxygen atoms in total. The largest absolute Gasteiger partial charge is 0.465 e. The van der Waals surface area contributed by atoms with Crippen LogP contribution in [-0.4, -0.2) is 23.0 Å². The summed E-state index contributed by atoms with van der Waals surface area (Å²) in [4.78, 5) is 29.8. The highest BCUT2D eigenvalue weighted by Gasteiger charge is 2.10. The second-order valence-electron chi connectivity index (χ2n) is 3.82. The molecule has 0 aliphatic rings. The number of H-pyrrole nitrogens is 1. The first kappa shape index (κ1) is 11.3. The van der Waals surface area contributed by atoms with Gasteiger partial charge in [-0.3, -0.25) is 9.78 Å². The molecule has 88 valence electrons. The van der Waals surface area contributed by atoms with Gasteiger partial charge in [-0.1, -0.05) is 0 Å². The summed E-state index contributed by atoms with van der Waals surface area (Å²) in [6.07, 6.45) is 1.44. The zero-order valence-corrected chi connectivity index (χ0v) is 9.83. The Morgan fingerprint density at radius 1 is 1.35 bits per heavy atom. The predicted molar refractivity (Wildman–Crippen MR) is 63.2 cm³/mol. The minimum absolute atomic E-state index is 0.168. The molecular weight excluding hydrogens is 220 g/mol. The van der Waals surface area contributed by atoms with Gasteiger partial charge in [0.05, 0.1) is 23.7 Å². The molecule has 2 aromatic rings. The molecule has 2 heterocycles. The number of ether oxygens (including phenoxy) is 1. The zero-order chi connectivity index (χ0) is 12.6. The molecule has 0 amide bonds. The summed E-state index contributed by atoms with van der Waals surface area (Å²) in [5.41, 5.74) is 2.84. The van der Waals surface area contributed by atoms with E-state index in [-0.39, 0.29) is 5.56 Å². The van der Waals surface area contributed by atoms with Crippen LogP contribution >= 0.6 is 0 Å². The summed E-state index contributed by atoms with van der Waals surface area (Å²) in [5.74, 6) is -0.474. The Hall–Kier alpha value is -2.17.